The summed E-state index contributed by atoms with van der Waals surface area (Å²) in [5, 5.41) is 16.6. The first kappa shape index (κ1) is 19.2. The van der Waals surface area contributed by atoms with Gasteiger partial charge in [-0.05, 0) is 33.6 Å². The van der Waals surface area contributed by atoms with E-state index in [1.807, 2.05) is 0 Å². The summed E-state index contributed by atoms with van der Waals surface area (Å²) in [7, 11) is 3.28. The molecule has 1 atom stereocenters. The van der Waals surface area contributed by atoms with Crippen LogP contribution in [-0.4, -0.2) is 65.2 Å². The minimum atomic E-state index is -1.08. The monoisotopic (exact) mass is 302 g/mol. The lowest BCUT2D eigenvalue weighted by Crippen LogP contribution is -2.46. The molecule has 0 saturated carbocycles. The minimum Gasteiger partial charge on any atom is -0.480 e. The zero-order chi connectivity index (χ0) is 16.8. The van der Waals surface area contributed by atoms with E-state index in [9.17, 15) is 9.59 Å². The molecule has 1 amide bonds. The molecular formula is C13H26N4O4. The van der Waals surface area contributed by atoms with E-state index in [0.29, 0.717) is 6.42 Å². The number of carboxylic acid groups (broad SMARTS) is 1. The smallest absolute Gasteiger partial charge is 0.417 e. The maximum atomic E-state index is 12.1. The van der Waals surface area contributed by atoms with Crippen LogP contribution in [0.5, 0.6) is 0 Å². The number of carbonyl (C=O) groups is 2. The molecule has 0 fully saturated rings. The maximum Gasteiger partial charge on any atom is 0.417 e. The number of ether oxygens (including phenoxy) is 1. The molecule has 122 valence electrons. The summed E-state index contributed by atoms with van der Waals surface area (Å²) in [4.78, 5) is 25.4. The van der Waals surface area contributed by atoms with E-state index < -0.39 is 23.7 Å². The molecule has 0 aromatic carbocycles. The van der Waals surface area contributed by atoms with Gasteiger partial charge in [0, 0.05) is 20.6 Å². The molecule has 0 heterocycles. The molecule has 0 saturated heterocycles. The van der Waals surface area contributed by atoms with Crippen molar-refractivity contribution < 1.29 is 19.4 Å². The fourth-order valence-corrected chi connectivity index (χ4v) is 1.43. The van der Waals surface area contributed by atoms with Gasteiger partial charge < -0.3 is 20.5 Å². The Morgan fingerprint density at radius 3 is 2.24 bits per heavy atom. The first-order chi connectivity index (χ1) is 9.45. The Morgan fingerprint density at radius 2 is 1.86 bits per heavy atom. The number of nitrogens with zero attached hydrogens (tertiary/aromatic N) is 2. The molecule has 21 heavy (non-hydrogen) atoms. The number of nitrogens with one attached hydrogen (secondary N) is 1. The highest BCUT2D eigenvalue weighted by atomic mass is 16.6. The number of carbonyl (C=O) groups excluding carboxylic acids is 1. The molecule has 0 bridgehead atoms. The molecule has 0 aromatic heterocycles. The van der Waals surface area contributed by atoms with Gasteiger partial charge >= 0.3 is 12.1 Å². The van der Waals surface area contributed by atoms with Gasteiger partial charge in [-0.25, -0.2) is 9.69 Å². The van der Waals surface area contributed by atoms with Crippen LogP contribution in [0.25, 0.3) is 0 Å². The quantitative estimate of drug-likeness (QED) is 0.513. The summed E-state index contributed by atoms with van der Waals surface area (Å²) in [5.41, 5.74) is 4.75. The lowest BCUT2D eigenvalue weighted by Gasteiger charge is -2.30. The number of guanidine groups is 1. The van der Waals surface area contributed by atoms with E-state index in [1.54, 1.807) is 34.9 Å². The predicted octanol–water partition coefficient (Wildman–Crippen LogP) is 0.912. The highest BCUT2D eigenvalue weighted by Crippen LogP contribution is 2.11. The van der Waals surface area contributed by atoms with Crippen molar-refractivity contribution in [2.24, 2.45) is 5.73 Å². The molecule has 0 radical (unpaired) electrons. The van der Waals surface area contributed by atoms with E-state index >= 15 is 0 Å². The molecule has 8 nitrogen and oxygen atoms in total. The summed E-state index contributed by atoms with van der Waals surface area (Å²) in [6, 6.07) is -0.973. The summed E-state index contributed by atoms with van der Waals surface area (Å²) in [5.74, 6) is -1.10. The lowest BCUT2D eigenvalue weighted by molar-refractivity contribution is -0.138. The van der Waals surface area contributed by atoms with E-state index in [-0.39, 0.29) is 18.9 Å². The van der Waals surface area contributed by atoms with Gasteiger partial charge in [-0.2, -0.15) is 0 Å². The van der Waals surface area contributed by atoms with E-state index in [4.69, 9.17) is 21.0 Å². The standard InChI is InChI=1S/C13H26N4O4/c1-13(2,3)21-12(20)17(11(15)16(4)5)8-6-7-9(14)10(18)19/h9,15H,6-8,14H2,1-5H3,(H,18,19)/t9-/m0/s1. The van der Waals surface area contributed by atoms with Crippen molar-refractivity contribution in [2.45, 2.75) is 45.3 Å². The van der Waals surface area contributed by atoms with Crippen LogP contribution in [0.2, 0.25) is 0 Å². The highest BCUT2D eigenvalue weighted by Gasteiger charge is 2.26. The van der Waals surface area contributed by atoms with Crippen LogP contribution in [0.1, 0.15) is 33.6 Å². The van der Waals surface area contributed by atoms with E-state index in [1.165, 1.54) is 9.80 Å². The fraction of sp³-hybridized carbons (Fsp3) is 0.769. The van der Waals surface area contributed by atoms with Gasteiger partial charge in [-0.3, -0.25) is 10.2 Å². The van der Waals surface area contributed by atoms with Crippen LogP contribution < -0.4 is 5.73 Å². The fourth-order valence-electron chi connectivity index (χ4n) is 1.43. The third-order valence-electron chi connectivity index (χ3n) is 2.51. The number of nitrogens with two attached hydrogens (primary N) is 1. The van der Waals surface area contributed by atoms with Crippen LogP contribution in [0.15, 0.2) is 0 Å². The van der Waals surface area contributed by atoms with Crippen molar-refractivity contribution in [3.8, 4) is 0 Å². The van der Waals surface area contributed by atoms with Crippen LogP contribution in [0.3, 0.4) is 0 Å². The van der Waals surface area contributed by atoms with Gasteiger partial charge in [0.2, 0.25) is 5.96 Å². The molecule has 0 rings (SSSR count). The molecule has 0 aliphatic heterocycles. The number of amides is 1. The normalized spacial score (nSPS) is 12.5. The average Bonchev–Trinajstić information content (AvgIpc) is 2.30. The zero-order valence-electron chi connectivity index (χ0n) is 13.3. The Hall–Kier alpha value is -1.83. The molecule has 0 spiro atoms. The summed E-state index contributed by atoms with van der Waals surface area (Å²) >= 11 is 0. The Kier molecular flexibility index (Phi) is 7.14. The first-order valence-electron chi connectivity index (χ1n) is 6.70. The average molecular weight is 302 g/mol. The number of hydrogen-bond donors (Lipinski definition) is 3. The summed E-state index contributed by atoms with van der Waals surface area (Å²) in [6.45, 7) is 5.39. The summed E-state index contributed by atoms with van der Waals surface area (Å²) in [6.07, 6.45) is -0.0526. The molecule has 0 aliphatic rings. The predicted molar refractivity (Wildman–Crippen MR) is 79.2 cm³/mol. The van der Waals surface area contributed by atoms with Crippen molar-refractivity contribution in [3.63, 3.8) is 0 Å². The Balaban J connectivity index is 4.72. The topological polar surface area (TPSA) is 120 Å². The molecule has 8 heteroatoms. The van der Waals surface area contributed by atoms with Gasteiger partial charge in [-0.1, -0.05) is 0 Å². The van der Waals surface area contributed by atoms with Crippen LogP contribution in [0.4, 0.5) is 4.79 Å². The van der Waals surface area contributed by atoms with Gasteiger partial charge in [-0.15, -0.1) is 0 Å². The first-order valence-corrected chi connectivity index (χ1v) is 6.70. The van der Waals surface area contributed by atoms with Crippen molar-refractivity contribution in [3.05, 3.63) is 0 Å². The second kappa shape index (κ2) is 7.82. The SMILES string of the molecule is CN(C)C(=N)N(CCC[C@H](N)C(=O)O)C(=O)OC(C)(C)C. The third kappa shape index (κ3) is 7.50. The van der Waals surface area contributed by atoms with Crippen molar-refractivity contribution >= 4 is 18.0 Å². The maximum absolute atomic E-state index is 12.1. The number of rotatable bonds is 5. The minimum absolute atomic E-state index is 0.0202. The van der Waals surface area contributed by atoms with Crippen LogP contribution in [0, 0.1) is 5.41 Å². The second-order valence-corrected chi connectivity index (χ2v) is 5.94. The van der Waals surface area contributed by atoms with Gasteiger partial charge in [0.15, 0.2) is 0 Å². The molecule has 0 aliphatic carbocycles. The van der Waals surface area contributed by atoms with Crippen LogP contribution in [-0.2, 0) is 9.53 Å². The molecule has 0 aromatic rings. The third-order valence-corrected chi connectivity index (χ3v) is 2.51. The zero-order valence-corrected chi connectivity index (χ0v) is 13.3. The van der Waals surface area contributed by atoms with Gasteiger partial charge in [0.1, 0.15) is 11.6 Å². The van der Waals surface area contributed by atoms with Crippen molar-refractivity contribution in [1.29, 1.82) is 5.41 Å². The Labute approximate surface area is 125 Å². The number of aliphatic carboxylic acids is 1. The summed E-state index contributed by atoms with van der Waals surface area (Å²) < 4.78 is 5.25. The number of hydrogen-bond acceptors (Lipinski definition) is 5. The molecule has 4 N–H and O–H groups in total. The van der Waals surface area contributed by atoms with E-state index in [2.05, 4.69) is 0 Å². The van der Waals surface area contributed by atoms with Crippen molar-refractivity contribution in [2.75, 3.05) is 20.6 Å². The van der Waals surface area contributed by atoms with E-state index in [0.717, 1.165) is 0 Å². The highest BCUT2D eigenvalue weighted by molar-refractivity contribution is 5.92. The Morgan fingerprint density at radius 1 is 1.33 bits per heavy atom. The van der Waals surface area contributed by atoms with Crippen molar-refractivity contribution in [1.82, 2.24) is 9.80 Å². The van der Waals surface area contributed by atoms with Crippen LogP contribution >= 0.6 is 0 Å². The van der Waals surface area contributed by atoms with Gasteiger partial charge in [0.25, 0.3) is 0 Å². The Bertz CT molecular complexity index is 390. The largest absolute Gasteiger partial charge is 0.480 e. The molecule has 0 unspecified atom stereocenters. The second-order valence-electron chi connectivity index (χ2n) is 5.94. The lowest BCUT2D eigenvalue weighted by atomic mass is 10.1. The number of carboxylic acids is 1. The molecular weight excluding hydrogens is 276 g/mol. The van der Waals surface area contributed by atoms with Gasteiger partial charge in [0.05, 0.1) is 0 Å².